The molecule has 0 radical (unpaired) electrons. The van der Waals surface area contributed by atoms with E-state index >= 15 is 0 Å². The van der Waals surface area contributed by atoms with Crippen molar-refractivity contribution in [3.05, 3.63) is 63.6 Å². The number of rotatable bonds is 8. The van der Waals surface area contributed by atoms with Gasteiger partial charge in [-0.05, 0) is 24.6 Å². The molecule has 0 aliphatic rings. The molecule has 4 rings (SSSR count). The molecule has 0 fully saturated rings. The van der Waals surface area contributed by atoms with E-state index in [1.54, 1.807) is 36.4 Å². The normalized spacial score (nSPS) is 10.8. The smallest absolute Gasteiger partial charge is 0.439 e. The Kier molecular flexibility index (Phi) is 6.20. The zero-order chi connectivity index (χ0) is 23.4. The number of nitrogens with one attached hydrogen (secondary N) is 2. The Morgan fingerprint density at radius 2 is 1.94 bits per heavy atom. The minimum absolute atomic E-state index is 0.196. The summed E-state index contributed by atoms with van der Waals surface area (Å²) in [7, 11) is 3.01. The Balaban J connectivity index is 1.40. The largest absolute Gasteiger partial charge is 0.493 e. The molecule has 4 aromatic rings. The van der Waals surface area contributed by atoms with Crippen LogP contribution in [0.2, 0.25) is 0 Å². The van der Waals surface area contributed by atoms with E-state index in [-0.39, 0.29) is 23.7 Å². The number of anilines is 1. The molecule has 0 aliphatic carbocycles. The highest BCUT2D eigenvalue weighted by molar-refractivity contribution is 5.91. The number of aromatic amines is 1. The fraction of sp³-hybridized carbons (Fsp3) is 0.227. The number of ether oxygens (including phenoxy) is 2. The zero-order valence-electron chi connectivity index (χ0n) is 18.0. The van der Waals surface area contributed by atoms with Gasteiger partial charge in [0.25, 0.3) is 5.56 Å². The molecule has 0 saturated carbocycles. The van der Waals surface area contributed by atoms with Crippen LogP contribution in [0.5, 0.6) is 11.5 Å². The third-order valence-corrected chi connectivity index (χ3v) is 4.99. The average Bonchev–Trinajstić information content (AvgIpc) is 3.26. The molecule has 2 N–H and O–H groups in total. The van der Waals surface area contributed by atoms with E-state index in [0.717, 1.165) is 0 Å². The Morgan fingerprint density at radius 3 is 2.67 bits per heavy atom. The summed E-state index contributed by atoms with van der Waals surface area (Å²) >= 11 is 0. The van der Waals surface area contributed by atoms with Crippen molar-refractivity contribution >= 4 is 22.5 Å². The van der Waals surface area contributed by atoms with Gasteiger partial charge in [0, 0.05) is 30.3 Å². The van der Waals surface area contributed by atoms with Crippen molar-refractivity contribution in [3.8, 4) is 22.9 Å². The van der Waals surface area contributed by atoms with Crippen LogP contribution >= 0.6 is 0 Å². The van der Waals surface area contributed by atoms with Gasteiger partial charge in [-0.15, -0.1) is 0 Å². The van der Waals surface area contributed by atoms with Crippen LogP contribution in [-0.4, -0.2) is 39.8 Å². The van der Waals surface area contributed by atoms with Crippen LogP contribution < -0.4 is 26.1 Å². The van der Waals surface area contributed by atoms with Gasteiger partial charge >= 0.3 is 5.76 Å². The molecule has 0 unspecified atom stereocenters. The van der Waals surface area contributed by atoms with E-state index in [9.17, 15) is 14.4 Å². The van der Waals surface area contributed by atoms with Gasteiger partial charge in [0.1, 0.15) is 0 Å². The standard InChI is InChI=1S/C22H21N5O6/c1-31-17-10-15-16(11-18(17)32-2)23-12-27(21(15)29)8-4-7-19(28)24-14-6-3-5-13(9-14)20-25-22(30)33-26-20/h3,5-6,9-12H,4,7-8H2,1-2H3,(H,24,28)(H,25,26,30). The lowest BCUT2D eigenvalue weighted by Crippen LogP contribution is -2.22. The monoisotopic (exact) mass is 451 g/mol. The van der Waals surface area contributed by atoms with Crippen molar-refractivity contribution in [2.75, 3.05) is 19.5 Å². The minimum Gasteiger partial charge on any atom is -0.493 e. The molecule has 1 amide bonds. The summed E-state index contributed by atoms with van der Waals surface area (Å²) in [6.45, 7) is 0.323. The van der Waals surface area contributed by atoms with Crippen LogP contribution in [0.3, 0.4) is 0 Å². The Hall–Kier alpha value is -4.41. The number of aryl methyl sites for hydroxylation is 1. The predicted molar refractivity (Wildman–Crippen MR) is 120 cm³/mol. The number of hydrogen-bond donors (Lipinski definition) is 2. The molecular weight excluding hydrogens is 430 g/mol. The van der Waals surface area contributed by atoms with Crippen LogP contribution in [0.15, 0.2) is 56.8 Å². The van der Waals surface area contributed by atoms with Gasteiger partial charge in [0.2, 0.25) is 5.91 Å². The van der Waals surface area contributed by atoms with E-state index < -0.39 is 5.76 Å². The molecule has 0 aliphatic heterocycles. The Morgan fingerprint density at radius 1 is 1.15 bits per heavy atom. The van der Waals surface area contributed by atoms with E-state index in [1.807, 2.05) is 0 Å². The fourth-order valence-corrected chi connectivity index (χ4v) is 3.38. The molecule has 0 bridgehead atoms. The first kappa shape index (κ1) is 21.8. The SMILES string of the molecule is COc1cc2ncn(CCCC(=O)Nc3cccc(-c4noc(=O)[nH]4)c3)c(=O)c2cc1OC. The first-order valence-corrected chi connectivity index (χ1v) is 10.1. The van der Waals surface area contributed by atoms with Crippen molar-refractivity contribution in [1.29, 1.82) is 0 Å². The lowest BCUT2D eigenvalue weighted by Gasteiger charge is -2.11. The number of fused-ring (bicyclic) bond motifs is 1. The van der Waals surface area contributed by atoms with Gasteiger partial charge in [0.15, 0.2) is 17.3 Å². The molecule has 11 nitrogen and oxygen atoms in total. The summed E-state index contributed by atoms with van der Waals surface area (Å²) in [5.74, 6) is 0.334. The third kappa shape index (κ3) is 4.76. The second-order valence-electron chi connectivity index (χ2n) is 7.14. The molecule has 0 spiro atoms. The number of aromatic nitrogens is 4. The highest BCUT2D eigenvalue weighted by Gasteiger charge is 2.12. The van der Waals surface area contributed by atoms with E-state index in [2.05, 4.69) is 25.0 Å². The maximum atomic E-state index is 12.8. The van der Waals surface area contributed by atoms with Crippen LogP contribution in [-0.2, 0) is 11.3 Å². The highest BCUT2D eigenvalue weighted by Crippen LogP contribution is 2.29. The van der Waals surface area contributed by atoms with Crippen molar-refractivity contribution in [3.63, 3.8) is 0 Å². The number of methoxy groups -OCH3 is 2. The van der Waals surface area contributed by atoms with Gasteiger partial charge in [0.05, 0.1) is 31.4 Å². The van der Waals surface area contributed by atoms with Crippen molar-refractivity contribution in [1.82, 2.24) is 19.7 Å². The molecule has 2 aromatic heterocycles. The molecule has 11 heteroatoms. The predicted octanol–water partition coefficient (Wildman–Crippen LogP) is 2.18. The van der Waals surface area contributed by atoms with Crippen LogP contribution in [0.4, 0.5) is 5.69 Å². The molecular formula is C22H21N5O6. The number of carbonyl (C=O) groups is 1. The Bertz CT molecular complexity index is 1420. The number of nitrogens with zero attached hydrogens (tertiary/aromatic N) is 3. The quantitative estimate of drug-likeness (QED) is 0.415. The summed E-state index contributed by atoms with van der Waals surface area (Å²) in [5, 5.41) is 6.83. The van der Waals surface area contributed by atoms with Crippen LogP contribution in [0.25, 0.3) is 22.3 Å². The topological polar surface area (TPSA) is 141 Å². The number of benzene rings is 2. The maximum Gasteiger partial charge on any atom is 0.439 e. The number of hydrogen-bond acceptors (Lipinski definition) is 8. The van der Waals surface area contributed by atoms with E-state index in [0.29, 0.717) is 46.6 Å². The number of amides is 1. The number of H-pyrrole nitrogens is 1. The highest BCUT2D eigenvalue weighted by atomic mass is 16.5. The second kappa shape index (κ2) is 9.39. The van der Waals surface area contributed by atoms with Crippen molar-refractivity contribution < 1.29 is 18.8 Å². The summed E-state index contributed by atoms with van der Waals surface area (Å²) in [6, 6.07) is 10.1. The average molecular weight is 451 g/mol. The lowest BCUT2D eigenvalue weighted by atomic mass is 10.2. The second-order valence-corrected chi connectivity index (χ2v) is 7.14. The minimum atomic E-state index is -0.657. The van der Waals surface area contributed by atoms with Crippen LogP contribution in [0, 0.1) is 0 Å². The fourth-order valence-electron chi connectivity index (χ4n) is 3.38. The molecule has 0 saturated heterocycles. The molecule has 0 atom stereocenters. The first-order valence-electron chi connectivity index (χ1n) is 10.1. The van der Waals surface area contributed by atoms with Gasteiger partial charge < -0.3 is 14.8 Å². The summed E-state index contributed by atoms with van der Waals surface area (Å²) in [4.78, 5) is 43.1. The van der Waals surface area contributed by atoms with Gasteiger partial charge in [-0.25, -0.2) is 9.78 Å². The molecule has 33 heavy (non-hydrogen) atoms. The third-order valence-electron chi connectivity index (χ3n) is 4.99. The summed E-state index contributed by atoms with van der Waals surface area (Å²) < 4.78 is 16.5. The first-order chi connectivity index (χ1) is 16.0. The van der Waals surface area contributed by atoms with Gasteiger partial charge in [-0.2, -0.15) is 0 Å². The molecule has 2 heterocycles. The maximum absolute atomic E-state index is 12.8. The summed E-state index contributed by atoms with van der Waals surface area (Å²) in [6.07, 6.45) is 2.08. The summed E-state index contributed by atoms with van der Waals surface area (Å²) in [5.41, 5.74) is 1.42. The van der Waals surface area contributed by atoms with E-state index in [4.69, 9.17) is 9.47 Å². The van der Waals surface area contributed by atoms with E-state index in [1.165, 1.54) is 25.1 Å². The van der Waals surface area contributed by atoms with Crippen molar-refractivity contribution in [2.24, 2.45) is 0 Å². The number of carbonyl (C=O) groups excluding carboxylic acids is 1. The zero-order valence-corrected chi connectivity index (χ0v) is 18.0. The van der Waals surface area contributed by atoms with Gasteiger partial charge in [-0.1, -0.05) is 17.3 Å². The Labute approximate surface area is 187 Å². The molecule has 170 valence electrons. The lowest BCUT2D eigenvalue weighted by molar-refractivity contribution is -0.116. The van der Waals surface area contributed by atoms with Crippen molar-refractivity contribution in [2.45, 2.75) is 19.4 Å². The van der Waals surface area contributed by atoms with Gasteiger partial charge in [-0.3, -0.25) is 23.7 Å². The molecule has 2 aromatic carbocycles. The van der Waals surface area contributed by atoms with Crippen LogP contribution in [0.1, 0.15) is 12.8 Å².